The third-order valence-electron chi connectivity index (χ3n) is 1.66. The Morgan fingerprint density at radius 1 is 1.31 bits per heavy atom. The Bertz CT molecular complexity index is 182. The lowest BCUT2D eigenvalue weighted by Crippen LogP contribution is -2.40. The van der Waals surface area contributed by atoms with E-state index in [4.69, 9.17) is 0 Å². The van der Waals surface area contributed by atoms with E-state index in [1.54, 1.807) is 14.0 Å². The van der Waals surface area contributed by atoms with Crippen molar-refractivity contribution in [2.24, 2.45) is 5.92 Å². The van der Waals surface area contributed by atoms with Gasteiger partial charge >= 0.3 is 0 Å². The third-order valence-corrected chi connectivity index (χ3v) is 1.66. The number of nitrogens with one attached hydrogen (secondary N) is 3. The molecule has 0 aliphatic rings. The zero-order valence-corrected chi connectivity index (χ0v) is 8.31. The maximum Gasteiger partial charge on any atom is 0.239 e. The predicted octanol–water partition coefficient (Wildman–Crippen LogP) is -1.30. The van der Waals surface area contributed by atoms with Crippen LogP contribution >= 0.6 is 0 Å². The second-order valence-electron chi connectivity index (χ2n) is 2.85. The largest absolute Gasteiger partial charge is 0.358 e. The van der Waals surface area contributed by atoms with Gasteiger partial charge in [0, 0.05) is 19.5 Å². The van der Waals surface area contributed by atoms with Crippen molar-refractivity contribution in [3.05, 3.63) is 0 Å². The van der Waals surface area contributed by atoms with Crippen LogP contribution in [0.4, 0.5) is 0 Å². The van der Waals surface area contributed by atoms with Gasteiger partial charge in [-0.15, -0.1) is 0 Å². The summed E-state index contributed by atoms with van der Waals surface area (Å²) in [7, 11) is 3.31. The highest BCUT2D eigenvalue weighted by Crippen LogP contribution is 1.90. The predicted molar refractivity (Wildman–Crippen MR) is 50.2 cm³/mol. The monoisotopic (exact) mass is 187 g/mol. The van der Waals surface area contributed by atoms with Gasteiger partial charge in [0.05, 0.1) is 6.54 Å². The standard InChI is InChI=1S/C8H17N3O2/c1-6(4-9-2)8(13)11-5-7(12)10-3/h6,9H,4-5H2,1-3H3,(H,10,12)(H,11,13). The van der Waals surface area contributed by atoms with E-state index in [0.717, 1.165) is 0 Å². The Hall–Kier alpha value is -1.10. The smallest absolute Gasteiger partial charge is 0.239 e. The van der Waals surface area contributed by atoms with E-state index < -0.39 is 0 Å². The van der Waals surface area contributed by atoms with Crippen LogP contribution in [0.25, 0.3) is 0 Å². The summed E-state index contributed by atoms with van der Waals surface area (Å²) in [5.41, 5.74) is 0. The Labute approximate surface area is 78.3 Å². The van der Waals surface area contributed by atoms with Crippen LogP contribution in [-0.4, -0.2) is 39.0 Å². The number of amides is 2. The Balaban J connectivity index is 3.67. The van der Waals surface area contributed by atoms with Crippen LogP contribution in [0.5, 0.6) is 0 Å². The summed E-state index contributed by atoms with van der Waals surface area (Å²) in [5.74, 6) is -0.419. The van der Waals surface area contributed by atoms with Gasteiger partial charge in [-0.2, -0.15) is 0 Å². The van der Waals surface area contributed by atoms with E-state index in [-0.39, 0.29) is 24.3 Å². The van der Waals surface area contributed by atoms with Crippen molar-refractivity contribution in [1.82, 2.24) is 16.0 Å². The highest BCUT2D eigenvalue weighted by Gasteiger charge is 2.11. The van der Waals surface area contributed by atoms with Crippen molar-refractivity contribution in [3.63, 3.8) is 0 Å². The van der Waals surface area contributed by atoms with Gasteiger partial charge in [0.25, 0.3) is 0 Å². The molecule has 3 N–H and O–H groups in total. The van der Waals surface area contributed by atoms with Crippen LogP contribution in [-0.2, 0) is 9.59 Å². The molecule has 1 unspecified atom stereocenters. The third kappa shape index (κ3) is 5.19. The molecule has 0 aromatic heterocycles. The molecule has 76 valence electrons. The minimum absolute atomic E-state index is 0.0450. The van der Waals surface area contributed by atoms with Gasteiger partial charge in [0.15, 0.2) is 0 Å². The number of carbonyl (C=O) groups is 2. The van der Waals surface area contributed by atoms with Gasteiger partial charge in [0.2, 0.25) is 11.8 Å². The maximum atomic E-state index is 11.2. The Morgan fingerprint density at radius 3 is 2.38 bits per heavy atom. The van der Waals surface area contributed by atoms with Crippen molar-refractivity contribution in [3.8, 4) is 0 Å². The summed E-state index contributed by atoms with van der Waals surface area (Å²) < 4.78 is 0. The van der Waals surface area contributed by atoms with Gasteiger partial charge in [-0.3, -0.25) is 9.59 Å². The zero-order valence-electron chi connectivity index (χ0n) is 8.31. The van der Waals surface area contributed by atoms with Crippen molar-refractivity contribution in [2.45, 2.75) is 6.92 Å². The molecule has 13 heavy (non-hydrogen) atoms. The fourth-order valence-corrected chi connectivity index (χ4v) is 0.829. The van der Waals surface area contributed by atoms with Crippen molar-refractivity contribution >= 4 is 11.8 Å². The second-order valence-corrected chi connectivity index (χ2v) is 2.85. The van der Waals surface area contributed by atoms with Crippen LogP contribution in [0.3, 0.4) is 0 Å². The quantitative estimate of drug-likeness (QED) is 0.501. The average Bonchev–Trinajstić information content (AvgIpc) is 2.13. The molecule has 2 amide bonds. The summed E-state index contributed by atoms with van der Waals surface area (Å²) >= 11 is 0. The number of hydrogen-bond acceptors (Lipinski definition) is 3. The van der Waals surface area contributed by atoms with Gasteiger partial charge in [-0.25, -0.2) is 0 Å². The molecule has 0 bridgehead atoms. The van der Waals surface area contributed by atoms with E-state index in [2.05, 4.69) is 16.0 Å². The van der Waals surface area contributed by atoms with Crippen LogP contribution in [0.1, 0.15) is 6.92 Å². The van der Waals surface area contributed by atoms with Crippen LogP contribution in [0.15, 0.2) is 0 Å². The van der Waals surface area contributed by atoms with Crippen LogP contribution < -0.4 is 16.0 Å². The summed E-state index contributed by atoms with van der Waals surface area (Å²) in [4.78, 5) is 22.0. The van der Waals surface area contributed by atoms with Gasteiger partial charge in [0.1, 0.15) is 0 Å². The molecule has 0 fully saturated rings. The number of likely N-dealkylation sites (N-methyl/N-ethyl adjacent to an activating group) is 1. The molecule has 0 aliphatic carbocycles. The highest BCUT2D eigenvalue weighted by molar-refractivity contribution is 5.85. The van der Waals surface area contributed by atoms with E-state index in [0.29, 0.717) is 6.54 Å². The first-order valence-corrected chi connectivity index (χ1v) is 4.24. The van der Waals surface area contributed by atoms with Gasteiger partial charge in [-0.1, -0.05) is 6.92 Å². The number of hydrogen-bond donors (Lipinski definition) is 3. The van der Waals surface area contributed by atoms with Crippen molar-refractivity contribution < 1.29 is 9.59 Å². The van der Waals surface area contributed by atoms with E-state index in [1.807, 2.05) is 0 Å². The summed E-state index contributed by atoms with van der Waals surface area (Å²) in [6, 6.07) is 0. The highest BCUT2D eigenvalue weighted by atomic mass is 16.2. The first-order chi connectivity index (χ1) is 6.11. The Kier molecular flexibility index (Phi) is 5.88. The molecule has 5 heteroatoms. The minimum atomic E-state index is -0.190. The number of carbonyl (C=O) groups excluding carboxylic acids is 2. The molecule has 5 nitrogen and oxygen atoms in total. The molecule has 1 atom stereocenters. The summed E-state index contributed by atoms with van der Waals surface area (Å²) in [6.07, 6.45) is 0. The molecule has 0 aromatic carbocycles. The maximum absolute atomic E-state index is 11.2. The molecule has 0 saturated heterocycles. The molecule has 0 aromatic rings. The van der Waals surface area contributed by atoms with Crippen LogP contribution in [0, 0.1) is 5.92 Å². The first kappa shape index (κ1) is 11.9. The lowest BCUT2D eigenvalue weighted by molar-refractivity contribution is -0.127. The zero-order chi connectivity index (χ0) is 10.3. The van der Waals surface area contributed by atoms with Crippen molar-refractivity contribution in [1.29, 1.82) is 0 Å². The van der Waals surface area contributed by atoms with E-state index in [9.17, 15) is 9.59 Å². The first-order valence-electron chi connectivity index (χ1n) is 4.24. The van der Waals surface area contributed by atoms with E-state index in [1.165, 1.54) is 7.05 Å². The lowest BCUT2D eigenvalue weighted by atomic mass is 10.1. The van der Waals surface area contributed by atoms with Gasteiger partial charge < -0.3 is 16.0 Å². The molecular weight excluding hydrogens is 170 g/mol. The van der Waals surface area contributed by atoms with Gasteiger partial charge in [-0.05, 0) is 7.05 Å². The molecule has 0 aliphatic heterocycles. The lowest BCUT2D eigenvalue weighted by Gasteiger charge is -2.10. The van der Waals surface area contributed by atoms with Crippen LogP contribution in [0.2, 0.25) is 0 Å². The molecule has 0 spiro atoms. The second kappa shape index (κ2) is 6.42. The fraction of sp³-hybridized carbons (Fsp3) is 0.750. The molecule has 0 heterocycles. The molecule has 0 radical (unpaired) electrons. The van der Waals surface area contributed by atoms with E-state index >= 15 is 0 Å². The minimum Gasteiger partial charge on any atom is -0.358 e. The van der Waals surface area contributed by atoms with Crippen molar-refractivity contribution in [2.75, 3.05) is 27.2 Å². The average molecular weight is 187 g/mol. The number of rotatable bonds is 5. The summed E-state index contributed by atoms with van der Waals surface area (Å²) in [5, 5.41) is 7.84. The molecule has 0 saturated carbocycles. The normalized spacial score (nSPS) is 11.9. The molecule has 0 rings (SSSR count). The summed E-state index contributed by atoms with van der Waals surface area (Å²) in [6.45, 7) is 2.46. The Morgan fingerprint density at radius 2 is 1.92 bits per heavy atom. The topological polar surface area (TPSA) is 70.2 Å². The molecular formula is C8H17N3O2. The fourth-order valence-electron chi connectivity index (χ4n) is 0.829. The SMILES string of the molecule is CNCC(C)C(=O)NCC(=O)NC.